The molecule has 0 N–H and O–H groups in total. The van der Waals surface area contributed by atoms with E-state index in [9.17, 15) is 9.59 Å². The highest BCUT2D eigenvalue weighted by Gasteiger charge is 2.49. The molecule has 3 rings (SSSR count). The van der Waals surface area contributed by atoms with Crippen molar-refractivity contribution in [3.8, 4) is 5.75 Å². The van der Waals surface area contributed by atoms with Crippen LogP contribution >= 0.6 is 0 Å². The Morgan fingerprint density at radius 1 is 1.14 bits per heavy atom. The predicted molar refractivity (Wildman–Crippen MR) is 97.3 cm³/mol. The number of furan rings is 1. The molecular formula is C20H23NO7. The van der Waals surface area contributed by atoms with Crippen LogP contribution in [-0.4, -0.2) is 36.5 Å². The van der Waals surface area contributed by atoms with Crippen molar-refractivity contribution in [3.63, 3.8) is 0 Å². The van der Waals surface area contributed by atoms with Gasteiger partial charge in [0.1, 0.15) is 17.4 Å². The molecule has 1 amide bonds. The Kier molecular flexibility index (Phi) is 5.60. The highest BCUT2D eigenvalue weighted by atomic mass is 16.7. The van der Waals surface area contributed by atoms with Crippen molar-refractivity contribution in [2.75, 3.05) is 7.11 Å². The van der Waals surface area contributed by atoms with Gasteiger partial charge in [0, 0.05) is 11.1 Å². The molecule has 0 aliphatic carbocycles. The lowest BCUT2D eigenvalue weighted by Crippen LogP contribution is -2.39. The lowest BCUT2D eigenvalue weighted by atomic mass is 10.1. The zero-order valence-corrected chi connectivity index (χ0v) is 16.2. The average Bonchev–Trinajstić information content (AvgIpc) is 3.28. The summed E-state index contributed by atoms with van der Waals surface area (Å²) in [5.41, 5.74) is 0.581. The highest BCUT2D eigenvalue weighted by Crippen LogP contribution is 2.44. The standard InChI is InChI=1S/C20H23NO7/c1-20(2,3)28-19(23)21-16(14-9-10-25-11-14)18(26-12-22)27-17(21)13-5-7-15(24-4)8-6-13/h5-12,16-18H,1-4H3. The second-order valence-electron chi connectivity index (χ2n) is 7.25. The van der Waals surface area contributed by atoms with Crippen LogP contribution in [0.25, 0.3) is 0 Å². The molecule has 0 saturated carbocycles. The summed E-state index contributed by atoms with van der Waals surface area (Å²) >= 11 is 0. The number of carbonyl (C=O) groups excluding carboxylic acids is 2. The van der Waals surface area contributed by atoms with E-state index < -0.39 is 30.3 Å². The summed E-state index contributed by atoms with van der Waals surface area (Å²) < 4.78 is 27.0. The summed E-state index contributed by atoms with van der Waals surface area (Å²) in [4.78, 5) is 25.5. The van der Waals surface area contributed by atoms with Crippen molar-refractivity contribution >= 4 is 12.6 Å². The molecular weight excluding hydrogens is 366 g/mol. The van der Waals surface area contributed by atoms with Crippen LogP contribution in [0.1, 0.15) is 44.2 Å². The average molecular weight is 389 g/mol. The summed E-state index contributed by atoms with van der Waals surface area (Å²) in [6, 6.07) is 8.01. The van der Waals surface area contributed by atoms with Crippen LogP contribution in [0.3, 0.4) is 0 Å². The van der Waals surface area contributed by atoms with Crippen molar-refractivity contribution in [3.05, 3.63) is 54.0 Å². The number of carbonyl (C=O) groups is 2. The van der Waals surface area contributed by atoms with E-state index in [2.05, 4.69) is 0 Å². The molecule has 150 valence electrons. The third-order valence-electron chi connectivity index (χ3n) is 4.15. The number of ether oxygens (including phenoxy) is 4. The maximum atomic E-state index is 13.0. The van der Waals surface area contributed by atoms with Crippen molar-refractivity contribution in [1.29, 1.82) is 0 Å². The van der Waals surface area contributed by atoms with Crippen LogP contribution < -0.4 is 4.74 Å². The van der Waals surface area contributed by atoms with E-state index in [1.807, 2.05) is 0 Å². The van der Waals surface area contributed by atoms with Crippen molar-refractivity contribution in [2.24, 2.45) is 0 Å². The van der Waals surface area contributed by atoms with Crippen LogP contribution in [-0.2, 0) is 19.0 Å². The van der Waals surface area contributed by atoms with E-state index >= 15 is 0 Å². The lowest BCUT2D eigenvalue weighted by Gasteiger charge is -2.30. The molecule has 0 spiro atoms. The van der Waals surface area contributed by atoms with Crippen LogP contribution in [0.4, 0.5) is 4.79 Å². The largest absolute Gasteiger partial charge is 0.497 e. The summed E-state index contributed by atoms with van der Waals surface area (Å²) in [6.45, 7) is 5.62. The minimum atomic E-state index is -1.02. The molecule has 28 heavy (non-hydrogen) atoms. The maximum Gasteiger partial charge on any atom is 0.413 e. The molecule has 2 heterocycles. The molecule has 3 atom stereocenters. The number of hydrogen-bond acceptors (Lipinski definition) is 7. The fourth-order valence-electron chi connectivity index (χ4n) is 3.00. The Bertz CT molecular complexity index is 795. The van der Waals surface area contributed by atoms with Gasteiger partial charge in [-0.05, 0) is 39.0 Å². The number of rotatable bonds is 5. The fourth-order valence-corrected chi connectivity index (χ4v) is 3.00. The molecule has 8 nitrogen and oxygen atoms in total. The quantitative estimate of drug-likeness (QED) is 0.719. The van der Waals surface area contributed by atoms with E-state index in [0.29, 0.717) is 23.3 Å². The molecule has 1 aliphatic rings. The molecule has 2 aromatic rings. The Morgan fingerprint density at radius 3 is 2.39 bits per heavy atom. The van der Waals surface area contributed by atoms with E-state index in [-0.39, 0.29) is 0 Å². The van der Waals surface area contributed by atoms with Gasteiger partial charge in [-0.2, -0.15) is 0 Å². The molecule has 0 bridgehead atoms. The number of benzene rings is 1. The molecule has 0 radical (unpaired) electrons. The summed E-state index contributed by atoms with van der Waals surface area (Å²) in [6.07, 6.45) is 0.501. The van der Waals surface area contributed by atoms with Gasteiger partial charge in [0.15, 0.2) is 6.23 Å². The second-order valence-corrected chi connectivity index (χ2v) is 7.25. The second kappa shape index (κ2) is 7.93. The first-order chi connectivity index (χ1) is 13.3. The van der Waals surface area contributed by atoms with Crippen LogP contribution in [0.2, 0.25) is 0 Å². The Hall–Kier alpha value is -3.00. The van der Waals surface area contributed by atoms with Gasteiger partial charge in [-0.15, -0.1) is 0 Å². The minimum Gasteiger partial charge on any atom is -0.497 e. The van der Waals surface area contributed by atoms with E-state index in [1.165, 1.54) is 17.4 Å². The Balaban J connectivity index is 2.02. The van der Waals surface area contributed by atoms with Gasteiger partial charge in [-0.25, -0.2) is 4.79 Å². The highest BCUT2D eigenvalue weighted by molar-refractivity contribution is 5.70. The summed E-state index contributed by atoms with van der Waals surface area (Å²) in [7, 11) is 1.57. The first kappa shape index (κ1) is 19.8. The predicted octanol–water partition coefficient (Wildman–Crippen LogP) is 3.79. The van der Waals surface area contributed by atoms with Crippen molar-refractivity contribution in [1.82, 2.24) is 4.90 Å². The van der Waals surface area contributed by atoms with Gasteiger partial charge in [-0.1, -0.05) is 12.1 Å². The third kappa shape index (κ3) is 4.12. The van der Waals surface area contributed by atoms with Gasteiger partial charge in [-0.3, -0.25) is 9.69 Å². The smallest absolute Gasteiger partial charge is 0.413 e. The number of methoxy groups -OCH3 is 1. The van der Waals surface area contributed by atoms with Crippen LogP contribution in [0.15, 0.2) is 47.3 Å². The molecule has 1 aliphatic heterocycles. The van der Waals surface area contributed by atoms with E-state index in [0.717, 1.165) is 0 Å². The fraction of sp³-hybridized carbons (Fsp3) is 0.400. The maximum absolute atomic E-state index is 13.0. The topological polar surface area (TPSA) is 87.4 Å². The van der Waals surface area contributed by atoms with E-state index in [1.54, 1.807) is 58.2 Å². The summed E-state index contributed by atoms with van der Waals surface area (Å²) in [5.74, 6) is 0.664. The minimum absolute atomic E-state index is 0.293. The molecule has 1 saturated heterocycles. The van der Waals surface area contributed by atoms with Crippen molar-refractivity contribution < 1.29 is 33.0 Å². The molecule has 1 aromatic heterocycles. The lowest BCUT2D eigenvalue weighted by molar-refractivity contribution is -0.163. The van der Waals surface area contributed by atoms with E-state index in [4.69, 9.17) is 23.4 Å². The number of amides is 1. The van der Waals surface area contributed by atoms with Gasteiger partial charge >= 0.3 is 6.09 Å². The SMILES string of the molecule is COc1ccc(C2OC(OC=O)C(c3ccoc3)N2C(=O)OC(C)(C)C)cc1. The Labute approximate surface area is 162 Å². The zero-order valence-electron chi connectivity index (χ0n) is 16.2. The first-order valence-corrected chi connectivity index (χ1v) is 8.76. The molecule has 8 heteroatoms. The third-order valence-corrected chi connectivity index (χ3v) is 4.15. The van der Waals surface area contributed by atoms with Gasteiger partial charge in [0.2, 0.25) is 6.29 Å². The molecule has 1 aromatic carbocycles. The molecule has 3 unspecified atom stereocenters. The van der Waals surface area contributed by atoms with Crippen LogP contribution in [0, 0.1) is 0 Å². The van der Waals surface area contributed by atoms with Gasteiger partial charge in [0.05, 0.1) is 19.6 Å². The van der Waals surface area contributed by atoms with Crippen molar-refractivity contribution in [2.45, 2.75) is 44.9 Å². The zero-order chi connectivity index (χ0) is 20.3. The van der Waals surface area contributed by atoms with Crippen LogP contribution in [0.5, 0.6) is 5.75 Å². The number of hydrogen-bond donors (Lipinski definition) is 0. The molecule has 1 fully saturated rings. The van der Waals surface area contributed by atoms with Gasteiger partial charge < -0.3 is 23.4 Å². The summed E-state index contributed by atoms with van der Waals surface area (Å²) in [5, 5.41) is 0. The number of nitrogens with zero attached hydrogens (tertiary/aromatic N) is 1. The van der Waals surface area contributed by atoms with Gasteiger partial charge in [0.25, 0.3) is 6.47 Å². The Morgan fingerprint density at radius 2 is 1.86 bits per heavy atom. The normalized spacial score (nSPS) is 22.0. The monoisotopic (exact) mass is 389 g/mol. The first-order valence-electron chi connectivity index (χ1n) is 8.76.